The van der Waals surface area contributed by atoms with Gasteiger partial charge in [0.05, 0.1) is 6.61 Å². The van der Waals surface area contributed by atoms with Crippen molar-refractivity contribution in [2.45, 2.75) is 58.4 Å². The Bertz CT molecular complexity index is 481. The molecule has 1 amide bonds. The summed E-state index contributed by atoms with van der Waals surface area (Å²) in [6, 6.07) is 8.58. The van der Waals surface area contributed by atoms with E-state index in [0.29, 0.717) is 18.4 Å². The molecule has 1 heterocycles. The van der Waals surface area contributed by atoms with E-state index in [1.165, 1.54) is 5.56 Å². The second-order valence-corrected chi connectivity index (χ2v) is 6.56. The topological polar surface area (TPSA) is 41.6 Å². The maximum atomic E-state index is 12.7. The molecule has 1 aliphatic rings. The number of hydrogen-bond donors (Lipinski definition) is 1. The van der Waals surface area contributed by atoms with Gasteiger partial charge in [-0.3, -0.25) is 4.79 Å². The van der Waals surface area contributed by atoms with E-state index in [2.05, 4.69) is 36.2 Å². The number of aryl methyl sites for hydroxylation is 1. The number of carbonyl (C=O) groups is 1. The lowest BCUT2D eigenvalue weighted by Gasteiger charge is -2.34. The first-order valence-electron chi connectivity index (χ1n) is 9.46. The molecule has 4 nitrogen and oxygen atoms in total. The van der Waals surface area contributed by atoms with Crippen LogP contribution in [0.3, 0.4) is 0 Å². The summed E-state index contributed by atoms with van der Waals surface area (Å²) in [5.74, 6) is 1.21. The van der Waals surface area contributed by atoms with Crippen LogP contribution in [0.15, 0.2) is 24.3 Å². The second kappa shape index (κ2) is 10.3. The predicted octanol–water partition coefficient (Wildman–Crippen LogP) is 3.40. The van der Waals surface area contributed by atoms with Gasteiger partial charge in [0.2, 0.25) is 5.91 Å². The van der Waals surface area contributed by atoms with Crippen LogP contribution in [0.5, 0.6) is 5.75 Å². The zero-order valence-electron chi connectivity index (χ0n) is 15.2. The van der Waals surface area contributed by atoms with Crippen molar-refractivity contribution in [3.8, 4) is 5.75 Å². The van der Waals surface area contributed by atoms with E-state index >= 15 is 0 Å². The molecule has 0 radical (unpaired) electrons. The molecule has 1 aromatic carbocycles. The van der Waals surface area contributed by atoms with Crippen LogP contribution >= 0.6 is 0 Å². The lowest BCUT2D eigenvalue weighted by molar-refractivity contribution is -0.134. The van der Waals surface area contributed by atoms with Gasteiger partial charge in [0.25, 0.3) is 0 Å². The van der Waals surface area contributed by atoms with Gasteiger partial charge in [0, 0.05) is 19.0 Å². The number of nitrogens with zero attached hydrogens (tertiary/aromatic N) is 1. The molecule has 0 aromatic heterocycles. The largest absolute Gasteiger partial charge is 0.494 e. The first-order chi connectivity index (χ1) is 11.7. The summed E-state index contributed by atoms with van der Waals surface area (Å²) in [7, 11) is 0. The zero-order valence-corrected chi connectivity index (χ0v) is 15.2. The average Bonchev–Trinajstić information content (AvgIpc) is 2.64. The van der Waals surface area contributed by atoms with Crippen molar-refractivity contribution in [3.63, 3.8) is 0 Å². The van der Waals surface area contributed by atoms with Gasteiger partial charge >= 0.3 is 0 Å². The summed E-state index contributed by atoms with van der Waals surface area (Å²) in [5.41, 5.74) is 1.20. The van der Waals surface area contributed by atoms with Crippen molar-refractivity contribution in [2.75, 3.05) is 26.2 Å². The quantitative estimate of drug-likeness (QED) is 0.753. The number of carbonyl (C=O) groups excluding carboxylic acids is 1. The van der Waals surface area contributed by atoms with Gasteiger partial charge < -0.3 is 15.0 Å². The van der Waals surface area contributed by atoms with Gasteiger partial charge in [-0.2, -0.15) is 0 Å². The monoisotopic (exact) mass is 332 g/mol. The summed E-state index contributed by atoms with van der Waals surface area (Å²) in [6.07, 6.45) is 5.60. The Morgan fingerprint density at radius 3 is 2.50 bits per heavy atom. The summed E-state index contributed by atoms with van der Waals surface area (Å²) in [6.45, 7) is 7.93. The molecule has 1 aromatic rings. The third-order valence-electron chi connectivity index (χ3n) is 4.56. The van der Waals surface area contributed by atoms with Crippen LogP contribution in [0, 0.1) is 0 Å². The summed E-state index contributed by atoms with van der Waals surface area (Å²) in [4.78, 5) is 14.8. The van der Waals surface area contributed by atoms with E-state index in [-0.39, 0.29) is 0 Å². The molecule has 134 valence electrons. The summed E-state index contributed by atoms with van der Waals surface area (Å²) >= 11 is 0. The van der Waals surface area contributed by atoms with Gasteiger partial charge in [-0.1, -0.05) is 26.0 Å². The molecule has 24 heavy (non-hydrogen) atoms. The fourth-order valence-corrected chi connectivity index (χ4v) is 3.24. The molecule has 1 aliphatic heterocycles. The van der Waals surface area contributed by atoms with Gasteiger partial charge in [-0.25, -0.2) is 0 Å². The van der Waals surface area contributed by atoms with Crippen molar-refractivity contribution in [1.29, 1.82) is 0 Å². The van der Waals surface area contributed by atoms with Gasteiger partial charge in [0.15, 0.2) is 0 Å². The van der Waals surface area contributed by atoms with Crippen molar-refractivity contribution >= 4 is 5.91 Å². The Hall–Kier alpha value is -1.55. The first-order valence-corrected chi connectivity index (χ1v) is 9.46. The predicted molar refractivity (Wildman–Crippen MR) is 98.4 cm³/mol. The minimum Gasteiger partial charge on any atom is -0.494 e. The van der Waals surface area contributed by atoms with Crippen LogP contribution in [-0.2, 0) is 11.2 Å². The minimum atomic E-state index is 0.301. The highest BCUT2D eigenvalue weighted by atomic mass is 16.5. The fourth-order valence-electron chi connectivity index (χ4n) is 3.24. The highest BCUT2D eigenvalue weighted by molar-refractivity contribution is 5.76. The fraction of sp³-hybridized carbons (Fsp3) is 0.650. The van der Waals surface area contributed by atoms with E-state index in [1.54, 1.807) is 0 Å². The van der Waals surface area contributed by atoms with E-state index in [1.807, 2.05) is 12.1 Å². The Labute approximate surface area is 146 Å². The Morgan fingerprint density at radius 1 is 1.17 bits per heavy atom. The Kier molecular flexibility index (Phi) is 8.10. The highest BCUT2D eigenvalue weighted by Gasteiger charge is 2.24. The average molecular weight is 332 g/mol. The molecule has 1 N–H and O–H groups in total. The Morgan fingerprint density at radius 2 is 1.88 bits per heavy atom. The molecule has 0 aliphatic carbocycles. The maximum Gasteiger partial charge on any atom is 0.223 e. The molecular weight excluding hydrogens is 300 g/mol. The van der Waals surface area contributed by atoms with Crippen LogP contribution < -0.4 is 10.1 Å². The molecule has 1 fully saturated rings. The SMILES string of the molecule is CCCOc1ccc(CCC(=O)N(CCC)C2CCNCC2)cc1. The molecule has 1 saturated heterocycles. The number of ether oxygens (including phenoxy) is 1. The number of hydrogen-bond acceptors (Lipinski definition) is 3. The molecule has 0 atom stereocenters. The molecule has 4 heteroatoms. The lowest BCUT2D eigenvalue weighted by Crippen LogP contribution is -2.46. The normalized spacial score (nSPS) is 15.2. The first kappa shape index (κ1) is 18.8. The van der Waals surface area contributed by atoms with Crippen molar-refractivity contribution in [3.05, 3.63) is 29.8 Å². The molecule has 0 spiro atoms. The van der Waals surface area contributed by atoms with E-state index in [4.69, 9.17) is 4.74 Å². The number of piperidine rings is 1. The number of rotatable bonds is 9. The number of nitrogens with one attached hydrogen (secondary N) is 1. The standard InChI is InChI=1S/C20H32N2O2/c1-3-15-22(18-11-13-21-14-12-18)20(23)10-7-17-5-8-19(9-6-17)24-16-4-2/h5-6,8-9,18,21H,3-4,7,10-16H2,1-2H3. The van der Waals surface area contributed by atoms with Crippen LogP contribution in [0.25, 0.3) is 0 Å². The van der Waals surface area contributed by atoms with Gasteiger partial charge in [-0.15, -0.1) is 0 Å². The zero-order chi connectivity index (χ0) is 17.2. The third kappa shape index (κ3) is 5.82. The van der Waals surface area contributed by atoms with Crippen molar-refractivity contribution < 1.29 is 9.53 Å². The van der Waals surface area contributed by atoms with Crippen LogP contribution in [0.2, 0.25) is 0 Å². The highest BCUT2D eigenvalue weighted by Crippen LogP contribution is 2.17. The second-order valence-electron chi connectivity index (χ2n) is 6.56. The van der Waals surface area contributed by atoms with Gasteiger partial charge in [0.1, 0.15) is 5.75 Å². The molecule has 0 bridgehead atoms. The number of benzene rings is 1. The van der Waals surface area contributed by atoms with Crippen molar-refractivity contribution in [1.82, 2.24) is 10.2 Å². The van der Waals surface area contributed by atoms with E-state index in [0.717, 1.165) is 64.1 Å². The van der Waals surface area contributed by atoms with Crippen LogP contribution in [0.1, 0.15) is 51.5 Å². The number of amides is 1. The van der Waals surface area contributed by atoms with E-state index in [9.17, 15) is 4.79 Å². The summed E-state index contributed by atoms with van der Waals surface area (Å²) in [5, 5.41) is 3.38. The Balaban J connectivity index is 1.85. The van der Waals surface area contributed by atoms with E-state index < -0.39 is 0 Å². The molecule has 0 unspecified atom stereocenters. The van der Waals surface area contributed by atoms with Crippen molar-refractivity contribution in [2.24, 2.45) is 0 Å². The maximum absolute atomic E-state index is 12.7. The minimum absolute atomic E-state index is 0.301. The van der Waals surface area contributed by atoms with Gasteiger partial charge in [-0.05, 0) is 62.9 Å². The third-order valence-corrected chi connectivity index (χ3v) is 4.56. The molecule has 2 rings (SSSR count). The molecule has 0 saturated carbocycles. The molecular formula is C20H32N2O2. The van der Waals surface area contributed by atoms with Crippen LogP contribution in [-0.4, -0.2) is 43.1 Å². The van der Waals surface area contributed by atoms with Crippen LogP contribution in [0.4, 0.5) is 0 Å². The summed E-state index contributed by atoms with van der Waals surface area (Å²) < 4.78 is 5.60. The lowest BCUT2D eigenvalue weighted by atomic mass is 10.0. The smallest absolute Gasteiger partial charge is 0.223 e.